The van der Waals surface area contributed by atoms with Crippen LogP contribution in [0.25, 0.3) is 0 Å². The van der Waals surface area contributed by atoms with E-state index in [9.17, 15) is 4.79 Å². The van der Waals surface area contributed by atoms with E-state index in [4.69, 9.17) is 11.6 Å². The summed E-state index contributed by atoms with van der Waals surface area (Å²) >= 11 is 5.98. The molecular weight excluding hydrogens is 290 g/mol. The highest BCUT2D eigenvalue weighted by Crippen LogP contribution is 2.13. The topological polar surface area (TPSA) is 81.8 Å². The van der Waals surface area contributed by atoms with E-state index in [-0.39, 0.29) is 18.0 Å². The third kappa shape index (κ3) is 4.18. The number of piperidine rings is 1. The molecule has 0 spiro atoms. The summed E-state index contributed by atoms with van der Waals surface area (Å²) in [6.45, 7) is 6.83. The summed E-state index contributed by atoms with van der Waals surface area (Å²) in [5, 5.41) is 10.3. The van der Waals surface area contributed by atoms with Gasteiger partial charge in [0.2, 0.25) is 0 Å². The zero-order chi connectivity index (χ0) is 15.2. The number of nitrogens with one attached hydrogen (secondary N) is 4. The van der Waals surface area contributed by atoms with Crippen LogP contribution in [0.2, 0.25) is 5.15 Å². The van der Waals surface area contributed by atoms with Crippen LogP contribution in [-0.4, -0.2) is 47.6 Å². The van der Waals surface area contributed by atoms with E-state index in [1.165, 1.54) is 0 Å². The minimum atomic E-state index is -0.188. The largest absolute Gasteiger partial charge is 0.345 e. The molecule has 1 aliphatic rings. The molecule has 4 N–H and O–H groups in total. The Labute approximate surface area is 130 Å². The Kier molecular flexibility index (Phi) is 6.02. The van der Waals surface area contributed by atoms with E-state index in [1.54, 1.807) is 0 Å². The zero-order valence-corrected chi connectivity index (χ0v) is 13.4. The molecule has 1 aliphatic heterocycles. The molecule has 1 aromatic rings. The first-order valence-electron chi connectivity index (χ1n) is 7.65. The summed E-state index contributed by atoms with van der Waals surface area (Å²) in [5.74, 6) is 0.108. The van der Waals surface area contributed by atoms with Crippen molar-refractivity contribution in [2.24, 2.45) is 0 Å². The van der Waals surface area contributed by atoms with Gasteiger partial charge in [0, 0.05) is 18.6 Å². The van der Waals surface area contributed by atoms with Crippen LogP contribution in [-0.2, 0) is 6.42 Å². The number of halogens is 1. The van der Waals surface area contributed by atoms with E-state index in [0.717, 1.165) is 44.6 Å². The molecule has 0 bridgehead atoms. The number of hydrogen-bond donors (Lipinski definition) is 4. The second-order valence-corrected chi connectivity index (χ2v) is 5.70. The second-order valence-electron chi connectivity index (χ2n) is 5.34. The van der Waals surface area contributed by atoms with Gasteiger partial charge in [0.15, 0.2) is 11.0 Å². The lowest BCUT2D eigenvalue weighted by Gasteiger charge is -2.33. The summed E-state index contributed by atoms with van der Waals surface area (Å²) in [7, 11) is 0. The summed E-state index contributed by atoms with van der Waals surface area (Å²) in [4.78, 5) is 19.4. The summed E-state index contributed by atoms with van der Waals surface area (Å²) in [5.41, 5.74) is 0.799. The van der Waals surface area contributed by atoms with Gasteiger partial charge in [0.25, 0.3) is 5.91 Å². The van der Waals surface area contributed by atoms with E-state index < -0.39 is 0 Å². The van der Waals surface area contributed by atoms with Crippen molar-refractivity contribution in [3.8, 4) is 0 Å². The Morgan fingerprint density at radius 1 is 1.43 bits per heavy atom. The summed E-state index contributed by atoms with van der Waals surface area (Å²) < 4.78 is 0. The molecular formula is C14H24ClN5O. The van der Waals surface area contributed by atoms with Crippen molar-refractivity contribution in [3.63, 3.8) is 0 Å². The molecule has 2 heterocycles. The van der Waals surface area contributed by atoms with Crippen LogP contribution in [0.5, 0.6) is 0 Å². The highest BCUT2D eigenvalue weighted by atomic mass is 35.5. The first kappa shape index (κ1) is 16.3. The lowest BCUT2D eigenvalue weighted by Crippen LogP contribution is -2.58. The van der Waals surface area contributed by atoms with E-state index in [2.05, 4.69) is 32.8 Å². The van der Waals surface area contributed by atoms with Crippen LogP contribution in [0.4, 0.5) is 0 Å². The van der Waals surface area contributed by atoms with Crippen molar-refractivity contribution in [3.05, 3.63) is 16.7 Å². The van der Waals surface area contributed by atoms with Crippen molar-refractivity contribution in [1.82, 2.24) is 25.9 Å². The average Bonchev–Trinajstić information content (AvgIpc) is 2.87. The Morgan fingerprint density at radius 3 is 2.90 bits per heavy atom. The normalized spacial score (nSPS) is 22.2. The number of aromatic nitrogens is 2. The lowest BCUT2D eigenvalue weighted by molar-refractivity contribution is 0.0908. The van der Waals surface area contributed by atoms with Gasteiger partial charge in [-0.05, 0) is 32.4 Å². The van der Waals surface area contributed by atoms with Crippen LogP contribution >= 0.6 is 11.6 Å². The average molecular weight is 314 g/mol. The van der Waals surface area contributed by atoms with Crippen LogP contribution in [0.15, 0.2) is 0 Å². The van der Waals surface area contributed by atoms with Crippen LogP contribution < -0.4 is 16.0 Å². The van der Waals surface area contributed by atoms with Gasteiger partial charge in [0.05, 0.1) is 5.69 Å². The molecule has 0 aliphatic carbocycles. The number of H-pyrrole nitrogens is 1. The zero-order valence-electron chi connectivity index (χ0n) is 12.6. The quantitative estimate of drug-likeness (QED) is 0.633. The molecule has 118 valence electrons. The van der Waals surface area contributed by atoms with E-state index in [1.807, 2.05) is 6.92 Å². The van der Waals surface area contributed by atoms with Crippen LogP contribution in [0.3, 0.4) is 0 Å². The Balaban J connectivity index is 1.98. The fourth-order valence-corrected chi connectivity index (χ4v) is 2.81. The number of imidazole rings is 1. The van der Waals surface area contributed by atoms with Gasteiger partial charge in [0.1, 0.15) is 0 Å². The SMILES string of the molecule is CCCN[C@@H]1CNCC[C@H]1NC(=O)c1nc(Cl)c(CC)[nH]1. The number of nitrogens with zero attached hydrogens (tertiary/aromatic N) is 1. The van der Waals surface area contributed by atoms with E-state index in [0.29, 0.717) is 11.0 Å². The standard InChI is InChI=1S/C14H24ClN5O/c1-3-6-17-11-8-16-7-5-10(11)19-14(21)13-18-9(4-2)12(15)20-13/h10-11,16-17H,3-8H2,1-2H3,(H,18,20)(H,19,21)/t10-,11-/m1/s1. The van der Waals surface area contributed by atoms with Crippen molar-refractivity contribution >= 4 is 17.5 Å². The van der Waals surface area contributed by atoms with Gasteiger partial charge < -0.3 is 20.9 Å². The van der Waals surface area contributed by atoms with Crippen molar-refractivity contribution in [2.45, 2.75) is 45.2 Å². The van der Waals surface area contributed by atoms with Gasteiger partial charge in [-0.15, -0.1) is 0 Å². The smallest absolute Gasteiger partial charge is 0.287 e. The van der Waals surface area contributed by atoms with Crippen molar-refractivity contribution in [1.29, 1.82) is 0 Å². The number of amides is 1. The van der Waals surface area contributed by atoms with Gasteiger partial charge >= 0.3 is 0 Å². The summed E-state index contributed by atoms with van der Waals surface area (Å²) in [6, 6.07) is 0.359. The molecule has 21 heavy (non-hydrogen) atoms. The number of hydrogen-bond acceptors (Lipinski definition) is 4. The maximum atomic E-state index is 12.3. The predicted molar refractivity (Wildman–Crippen MR) is 83.8 cm³/mol. The van der Waals surface area contributed by atoms with E-state index >= 15 is 0 Å². The monoisotopic (exact) mass is 313 g/mol. The lowest BCUT2D eigenvalue weighted by atomic mass is 10.0. The van der Waals surface area contributed by atoms with Crippen molar-refractivity contribution < 1.29 is 4.79 Å². The molecule has 1 aromatic heterocycles. The molecule has 6 nitrogen and oxygen atoms in total. The molecule has 0 radical (unpaired) electrons. The first-order valence-corrected chi connectivity index (χ1v) is 8.02. The molecule has 0 saturated carbocycles. The molecule has 1 fully saturated rings. The third-order valence-corrected chi connectivity index (χ3v) is 4.06. The fourth-order valence-electron chi connectivity index (χ4n) is 2.54. The Hall–Kier alpha value is -1.11. The van der Waals surface area contributed by atoms with Gasteiger partial charge in [-0.3, -0.25) is 4.79 Å². The molecule has 7 heteroatoms. The maximum absolute atomic E-state index is 12.3. The summed E-state index contributed by atoms with van der Waals surface area (Å²) in [6.07, 6.45) is 2.71. The second kappa shape index (κ2) is 7.77. The Bertz CT molecular complexity index is 476. The number of aryl methyl sites for hydroxylation is 1. The van der Waals surface area contributed by atoms with Gasteiger partial charge in [-0.25, -0.2) is 4.98 Å². The number of rotatable bonds is 6. The van der Waals surface area contributed by atoms with Crippen LogP contribution in [0.1, 0.15) is 43.0 Å². The molecule has 0 unspecified atom stereocenters. The fraction of sp³-hybridized carbons (Fsp3) is 0.714. The third-order valence-electron chi connectivity index (χ3n) is 3.75. The Morgan fingerprint density at radius 2 is 2.24 bits per heavy atom. The minimum Gasteiger partial charge on any atom is -0.345 e. The molecule has 2 rings (SSSR count). The first-order chi connectivity index (χ1) is 10.2. The highest BCUT2D eigenvalue weighted by molar-refractivity contribution is 6.30. The highest BCUT2D eigenvalue weighted by Gasteiger charge is 2.27. The predicted octanol–water partition coefficient (Wildman–Crippen LogP) is 1.09. The molecule has 2 atom stereocenters. The molecule has 0 aromatic carbocycles. The van der Waals surface area contributed by atoms with Crippen molar-refractivity contribution in [2.75, 3.05) is 19.6 Å². The number of carbonyl (C=O) groups excluding carboxylic acids is 1. The number of aromatic amines is 1. The molecule has 1 saturated heterocycles. The van der Waals surface area contributed by atoms with Gasteiger partial charge in [-0.1, -0.05) is 25.4 Å². The van der Waals surface area contributed by atoms with Crippen LogP contribution in [0, 0.1) is 0 Å². The maximum Gasteiger partial charge on any atom is 0.287 e. The number of carbonyl (C=O) groups is 1. The molecule has 1 amide bonds. The minimum absolute atomic E-state index is 0.110. The van der Waals surface area contributed by atoms with Gasteiger partial charge in [-0.2, -0.15) is 0 Å².